The first-order valence-electron chi connectivity index (χ1n) is 9.39. The maximum Gasteiger partial charge on any atom is 0.0543 e. The fourth-order valence-electron chi connectivity index (χ4n) is 7.28. The van der Waals surface area contributed by atoms with Crippen LogP contribution in [-0.2, 0) is 0 Å². The Labute approximate surface area is 129 Å². The molecule has 0 unspecified atom stereocenters. The molecule has 3 N–H and O–H groups in total. The summed E-state index contributed by atoms with van der Waals surface area (Å²) in [6, 6.07) is 0.446. The smallest absolute Gasteiger partial charge is 0.0543 e. The van der Waals surface area contributed by atoms with Gasteiger partial charge in [0.15, 0.2) is 0 Å². The molecule has 0 saturated heterocycles. The number of nitrogens with two attached hydrogens (primary N) is 1. The lowest BCUT2D eigenvalue weighted by Gasteiger charge is -2.60. The summed E-state index contributed by atoms with van der Waals surface area (Å²) in [5.74, 6) is 3.50. The number of rotatable bonds is 0. The van der Waals surface area contributed by atoms with Gasteiger partial charge in [-0.3, -0.25) is 0 Å². The Morgan fingerprint density at radius 1 is 0.857 bits per heavy atom. The first kappa shape index (κ1) is 14.5. The number of fused-ring (bicyclic) bond motifs is 5. The SMILES string of the molecule is C[C@]12CC[C@@H](O)C[C@@H]1CC[C@H]1[C@H]3CC[C@@H](N)[C@@]3(C)CC[C@@H]12. The minimum Gasteiger partial charge on any atom is -0.393 e. The minimum atomic E-state index is -0.0200. The van der Waals surface area contributed by atoms with Crippen LogP contribution in [0.2, 0.25) is 0 Å². The van der Waals surface area contributed by atoms with Crippen LogP contribution in [0.25, 0.3) is 0 Å². The quantitative estimate of drug-likeness (QED) is 0.714. The van der Waals surface area contributed by atoms with Gasteiger partial charge in [0.25, 0.3) is 0 Å². The predicted molar refractivity (Wildman–Crippen MR) is 85.7 cm³/mol. The van der Waals surface area contributed by atoms with Crippen molar-refractivity contribution in [1.82, 2.24) is 0 Å². The van der Waals surface area contributed by atoms with E-state index in [1.54, 1.807) is 0 Å². The van der Waals surface area contributed by atoms with Gasteiger partial charge in [-0.2, -0.15) is 0 Å². The van der Waals surface area contributed by atoms with Crippen molar-refractivity contribution in [2.24, 2.45) is 40.2 Å². The van der Waals surface area contributed by atoms with E-state index in [9.17, 15) is 5.11 Å². The summed E-state index contributed by atoms with van der Waals surface area (Å²) in [4.78, 5) is 0. The number of hydrogen-bond donors (Lipinski definition) is 2. The third kappa shape index (κ3) is 1.91. The Morgan fingerprint density at radius 2 is 1.57 bits per heavy atom. The molecule has 0 aromatic rings. The van der Waals surface area contributed by atoms with Crippen LogP contribution in [0.15, 0.2) is 0 Å². The molecule has 4 aliphatic rings. The van der Waals surface area contributed by atoms with Crippen LogP contribution in [0.5, 0.6) is 0 Å². The maximum atomic E-state index is 10.1. The summed E-state index contributed by atoms with van der Waals surface area (Å²) in [6.07, 6.45) is 11.5. The van der Waals surface area contributed by atoms with E-state index in [4.69, 9.17) is 5.73 Å². The first-order chi connectivity index (χ1) is 9.95. The summed E-state index contributed by atoms with van der Waals surface area (Å²) >= 11 is 0. The Kier molecular flexibility index (Phi) is 3.25. The molecule has 0 bridgehead atoms. The average molecular weight is 291 g/mol. The molecule has 4 aliphatic carbocycles. The highest BCUT2D eigenvalue weighted by Gasteiger charge is 2.59. The Hall–Kier alpha value is -0.0800. The Morgan fingerprint density at radius 3 is 2.38 bits per heavy atom. The zero-order chi connectivity index (χ0) is 14.8. The standard InChI is InChI=1S/C19H33NO/c1-18-9-7-13(21)11-12(18)3-4-14-15-5-6-17(20)19(15,2)10-8-16(14)18/h12-17,21H,3-11,20H2,1-2H3/t12-,13+,14-,15+,16-,17+,18-,19-/m0/s1. The molecule has 2 nitrogen and oxygen atoms in total. The molecule has 4 fully saturated rings. The highest BCUT2D eigenvalue weighted by atomic mass is 16.3. The number of aliphatic hydroxyl groups is 1. The van der Waals surface area contributed by atoms with Gasteiger partial charge in [-0.05, 0) is 92.3 Å². The van der Waals surface area contributed by atoms with Gasteiger partial charge >= 0.3 is 0 Å². The minimum absolute atomic E-state index is 0.0200. The number of hydrogen-bond acceptors (Lipinski definition) is 2. The predicted octanol–water partition coefficient (Wildman–Crippen LogP) is 3.72. The van der Waals surface area contributed by atoms with Crippen molar-refractivity contribution in [1.29, 1.82) is 0 Å². The van der Waals surface area contributed by atoms with Crippen LogP contribution < -0.4 is 5.73 Å². The molecule has 0 spiro atoms. The van der Waals surface area contributed by atoms with Gasteiger partial charge in [0.05, 0.1) is 6.10 Å². The molecule has 0 aromatic heterocycles. The van der Waals surface area contributed by atoms with Gasteiger partial charge in [0.2, 0.25) is 0 Å². The van der Waals surface area contributed by atoms with E-state index < -0.39 is 0 Å². The third-order valence-electron chi connectivity index (χ3n) is 8.71. The van der Waals surface area contributed by atoms with E-state index in [2.05, 4.69) is 13.8 Å². The molecule has 0 amide bonds. The molecular formula is C19H33NO. The van der Waals surface area contributed by atoms with E-state index in [-0.39, 0.29) is 6.10 Å². The summed E-state index contributed by atoms with van der Waals surface area (Å²) in [6.45, 7) is 5.06. The lowest BCUT2D eigenvalue weighted by atomic mass is 9.45. The molecule has 21 heavy (non-hydrogen) atoms. The summed E-state index contributed by atoms with van der Waals surface area (Å²) < 4.78 is 0. The highest BCUT2D eigenvalue weighted by Crippen LogP contribution is 2.65. The van der Waals surface area contributed by atoms with Crippen LogP contribution >= 0.6 is 0 Å². The van der Waals surface area contributed by atoms with Gasteiger partial charge in [-0.25, -0.2) is 0 Å². The van der Waals surface area contributed by atoms with Gasteiger partial charge in [0, 0.05) is 6.04 Å². The van der Waals surface area contributed by atoms with Crippen molar-refractivity contribution < 1.29 is 5.11 Å². The van der Waals surface area contributed by atoms with Crippen LogP contribution in [0.1, 0.15) is 71.6 Å². The van der Waals surface area contributed by atoms with Crippen LogP contribution in [0.4, 0.5) is 0 Å². The van der Waals surface area contributed by atoms with Crippen LogP contribution in [0, 0.1) is 34.5 Å². The third-order valence-corrected chi connectivity index (χ3v) is 8.71. The topological polar surface area (TPSA) is 46.2 Å². The fourth-order valence-corrected chi connectivity index (χ4v) is 7.28. The van der Waals surface area contributed by atoms with Crippen molar-refractivity contribution in [3.63, 3.8) is 0 Å². The van der Waals surface area contributed by atoms with Crippen molar-refractivity contribution >= 4 is 0 Å². The summed E-state index contributed by atoms with van der Waals surface area (Å²) in [5.41, 5.74) is 7.43. The Bertz CT molecular complexity index is 424. The monoisotopic (exact) mass is 291 g/mol. The largest absolute Gasteiger partial charge is 0.393 e. The zero-order valence-corrected chi connectivity index (χ0v) is 13.9. The lowest BCUT2D eigenvalue weighted by Crippen LogP contribution is -2.55. The van der Waals surface area contributed by atoms with Crippen LogP contribution in [-0.4, -0.2) is 17.3 Å². The molecule has 0 heterocycles. The number of aliphatic hydroxyl groups excluding tert-OH is 1. The van der Waals surface area contributed by atoms with Gasteiger partial charge < -0.3 is 10.8 Å². The van der Waals surface area contributed by atoms with Crippen molar-refractivity contribution in [2.75, 3.05) is 0 Å². The van der Waals surface area contributed by atoms with E-state index in [0.29, 0.717) is 16.9 Å². The second-order valence-electron chi connectivity index (χ2n) is 9.31. The molecule has 0 aliphatic heterocycles. The maximum absolute atomic E-state index is 10.1. The van der Waals surface area contributed by atoms with Crippen molar-refractivity contribution in [3.05, 3.63) is 0 Å². The normalized spacial score (nSPS) is 60.0. The molecule has 120 valence electrons. The first-order valence-corrected chi connectivity index (χ1v) is 9.39. The van der Waals surface area contributed by atoms with E-state index in [1.807, 2.05) is 0 Å². The van der Waals surface area contributed by atoms with Gasteiger partial charge in [-0.15, -0.1) is 0 Å². The molecule has 0 aromatic carbocycles. The fraction of sp³-hybridized carbons (Fsp3) is 1.00. The second-order valence-corrected chi connectivity index (χ2v) is 9.31. The van der Waals surface area contributed by atoms with E-state index in [0.717, 1.165) is 36.5 Å². The molecule has 4 rings (SSSR count). The molecule has 0 radical (unpaired) electrons. The van der Waals surface area contributed by atoms with Gasteiger partial charge in [-0.1, -0.05) is 13.8 Å². The zero-order valence-electron chi connectivity index (χ0n) is 13.9. The Balaban J connectivity index is 1.62. The van der Waals surface area contributed by atoms with Crippen molar-refractivity contribution in [3.8, 4) is 0 Å². The average Bonchev–Trinajstić information content (AvgIpc) is 2.76. The lowest BCUT2D eigenvalue weighted by molar-refractivity contribution is -0.122. The molecule has 8 atom stereocenters. The second kappa shape index (κ2) is 4.71. The van der Waals surface area contributed by atoms with E-state index in [1.165, 1.54) is 44.9 Å². The van der Waals surface area contributed by atoms with E-state index >= 15 is 0 Å². The van der Waals surface area contributed by atoms with Crippen molar-refractivity contribution in [2.45, 2.75) is 83.8 Å². The van der Waals surface area contributed by atoms with Crippen LogP contribution in [0.3, 0.4) is 0 Å². The molecule has 2 heteroatoms. The summed E-state index contributed by atoms with van der Waals surface area (Å²) in [7, 11) is 0. The molecule has 4 saturated carbocycles. The highest BCUT2D eigenvalue weighted by molar-refractivity contribution is 5.10. The summed E-state index contributed by atoms with van der Waals surface area (Å²) in [5, 5.41) is 10.1. The van der Waals surface area contributed by atoms with Gasteiger partial charge in [0.1, 0.15) is 0 Å². The molecular weight excluding hydrogens is 258 g/mol.